The third-order valence-electron chi connectivity index (χ3n) is 3.41. The molecule has 2 aromatic carbocycles. The van der Waals surface area contributed by atoms with Crippen molar-refractivity contribution >= 4 is 77.8 Å². The number of thioether (sulfide) groups is 1. The lowest BCUT2D eigenvalue weighted by molar-refractivity contribution is -0.113. The minimum absolute atomic E-state index is 0.149. The minimum atomic E-state index is -0.497. The van der Waals surface area contributed by atoms with Gasteiger partial charge in [0.2, 0.25) is 0 Å². The number of hydrogen-bond acceptors (Lipinski definition) is 4. The van der Waals surface area contributed by atoms with E-state index in [1.165, 1.54) is 17.0 Å². The summed E-state index contributed by atoms with van der Waals surface area (Å²) >= 11 is 13.3. The van der Waals surface area contributed by atoms with E-state index in [9.17, 15) is 9.18 Å². The summed E-state index contributed by atoms with van der Waals surface area (Å²) in [5.74, 6) is -0.263. The molecule has 0 atom stereocenters. The van der Waals surface area contributed by atoms with E-state index in [2.05, 4.69) is 31.9 Å². The number of carbonyl (C=O) groups excluding carboxylic acids is 1. The van der Waals surface area contributed by atoms with E-state index >= 15 is 0 Å². The Balaban J connectivity index is 2.04. The fourth-order valence-corrected chi connectivity index (χ4v) is 5.05. The third kappa shape index (κ3) is 3.67. The van der Waals surface area contributed by atoms with Crippen LogP contribution in [0.2, 0.25) is 0 Å². The van der Waals surface area contributed by atoms with Crippen LogP contribution < -0.4 is 9.64 Å². The summed E-state index contributed by atoms with van der Waals surface area (Å²) in [4.78, 5) is 14.4. The van der Waals surface area contributed by atoms with Gasteiger partial charge in [0.25, 0.3) is 5.91 Å². The zero-order chi connectivity index (χ0) is 18.1. The average Bonchev–Trinajstić information content (AvgIpc) is 2.82. The Bertz CT molecular complexity index is 918. The van der Waals surface area contributed by atoms with E-state index in [1.54, 1.807) is 25.3 Å². The van der Waals surface area contributed by atoms with E-state index in [0.29, 0.717) is 16.2 Å². The van der Waals surface area contributed by atoms with Gasteiger partial charge in [-0.3, -0.25) is 9.69 Å². The molecule has 3 rings (SSSR count). The topological polar surface area (TPSA) is 29.5 Å². The first-order valence-electron chi connectivity index (χ1n) is 6.98. The molecule has 1 fully saturated rings. The number of carbonyl (C=O) groups is 1. The SMILES string of the molecule is COc1c(Br)cc(Br)cc1/C=C1\SC(=S)N(c2ccccc2F)C1=O. The van der Waals surface area contributed by atoms with Gasteiger partial charge in [-0.2, -0.15) is 0 Å². The third-order valence-corrected chi connectivity index (χ3v) is 5.76. The van der Waals surface area contributed by atoms with Crippen LogP contribution in [0.3, 0.4) is 0 Å². The molecule has 2 aromatic rings. The summed E-state index contributed by atoms with van der Waals surface area (Å²) in [5, 5.41) is 0. The Labute approximate surface area is 170 Å². The summed E-state index contributed by atoms with van der Waals surface area (Å²) in [5.41, 5.74) is 0.855. The number of anilines is 1. The van der Waals surface area contributed by atoms with E-state index in [-0.39, 0.29) is 15.9 Å². The van der Waals surface area contributed by atoms with Gasteiger partial charge in [0.15, 0.2) is 4.32 Å². The van der Waals surface area contributed by atoms with Gasteiger partial charge < -0.3 is 4.74 Å². The van der Waals surface area contributed by atoms with Crippen LogP contribution in [0.1, 0.15) is 5.56 Å². The Hall–Kier alpha value is -1.22. The van der Waals surface area contributed by atoms with Crippen LogP contribution in [0, 0.1) is 5.82 Å². The Morgan fingerprint density at radius 3 is 2.68 bits per heavy atom. The van der Waals surface area contributed by atoms with Gasteiger partial charge in [-0.05, 0) is 46.3 Å². The van der Waals surface area contributed by atoms with Gasteiger partial charge >= 0.3 is 0 Å². The highest BCUT2D eigenvalue weighted by atomic mass is 79.9. The summed E-state index contributed by atoms with van der Waals surface area (Å²) < 4.78 is 21.3. The number of nitrogens with zero attached hydrogens (tertiary/aromatic N) is 1. The normalized spacial score (nSPS) is 16.0. The number of methoxy groups -OCH3 is 1. The van der Waals surface area contributed by atoms with Gasteiger partial charge in [-0.25, -0.2) is 4.39 Å². The summed E-state index contributed by atoms with van der Waals surface area (Å²) in [6.07, 6.45) is 1.69. The fourth-order valence-electron chi connectivity index (χ4n) is 2.35. The highest BCUT2D eigenvalue weighted by molar-refractivity contribution is 9.11. The number of para-hydroxylation sites is 1. The van der Waals surface area contributed by atoms with E-state index < -0.39 is 5.82 Å². The second-order valence-corrected chi connectivity index (χ2v) is 8.42. The lowest BCUT2D eigenvalue weighted by Gasteiger charge is -2.15. The molecule has 8 heteroatoms. The monoisotopic (exact) mass is 501 g/mol. The second kappa shape index (κ2) is 7.57. The van der Waals surface area contributed by atoms with Crippen LogP contribution in [0.25, 0.3) is 6.08 Å². The first-order valence-corrected chi connectivity index (χ1v) is 9.79. The van der Waals surface area contributed by atoms with Crippen LogP contribution in [0.5, 0.6) is 5.75 Å². The number of benzene rings is 2. The van der Waals surface area contributed by atoms with Gasteiger partial charge in [0, 0.05) is 10.0 Å². The highest BCUT2D eigenvalue weighted by Gasteiger charge is 2.34. The maximum Gasteiger partial charge on any atom is 0.270 e. The average molecular weight is 503 g/mol. The van der Waals surface area contributed by atoms with Crippen molar-refractivity contribution in [1.82, 2.24) is 0 Å². The minimum Gasteiger partial charge on any atom is -0.495 e. The smallest absolute Gasteiger partial charge is 0.270 e. The lowest BCUT2D eigenvalue weighted by Crippen LogP contribution is -2.28. The molecule has 1 heterocycles. The predicted octanol–water partition coefficient (Wildman–Crippen LogP) is 5.77. The molecule has 0 radical (unpaired) electrons. The number of amides is 1. The first kappa shape index (κ1) is 18.6. The molecule has 0 aromatic heterocycles. The molecule has 1 saturated heterocycles. The first-order chi connectivity index (χ1) is 11.9. The van der Waals surface area contributed by atoms with Gasteiger partial charge in [0.05, 0.1) is 22.2 Å². The van der Waals surface area contributed by atoms with Crippen molar-refractivity contribution in [1.29, 1.82) is 0 Å². The van der Waals surface area contributed by atoms with E-state index in [4.69, 9.17) is 17.0 Å². The van der Waals surface area contributed by atoms with Crippen molar-refractivity contribution in [3.63, 3.8) is 0 Å². The molecule has 0 unspecified atom stereocenters. The molecular formula is C17H10Br2FNO2S2. The number of halogens is 3. The zero-order valence-electron chi connectivity index (χ0n) is 12.8. The fraction of sp³-hybridized carbons (Fsp3) is 0.0588. The number of rotatable bonds is 3. The van der Waals surface area contributed by atoms with E-state index in [0.717, 1.165) is 20.7 Å². The summed E-state index contributed by atoms with van der Waals surface area (Å²) in [7, 11) is 1.55. The van der Waals surface area contributed by atoms with Crippen molar-refractivity contribution < 1.29 is 13.9 Å². The van der Waals surface area contributed by atoms with Crippen molar-refractivity contribution in [3.8, 4) is 5.75 Å². The molecule has 0 aliphatic carbocycles. The van der Waals surface area contributed by atoms with Gasteiger partial charge in [-0.15, -0.1) is 0 Å². The van der Waals surface area contributed by atoms with Crippen LogP contribution in [0.4, 0.5) is 10.1 Å². The second-order valence-electron chi connectivity index (χ2n) is 4.98. The highest BCUT2D eigenvalue weighted by Crippen LogP contribution is 2.40. The molecule has 1 aliphatic rings. The lowest BCUT2D eigenvalue weighted by atomic mass is 10.2. The van der Waals surface area contributed by atoms with Crippen molar-refractivity contribution in [2.75, 3.05) is 12.0 Å². The standard InChI is InChI=1S/C17H10Br2FNO2S2/c1-23-15-9(6-10(18)8-11(15)19)7-14-16(22)21(17(24)25-14)13-5-3-2-4-12(13)20/h2-8H,1H3/b14-7-. The zero-order valence-corrected chi connectivity index (χ0v) is 17.6. The number of hydrogen-bond donors (Lipinski definition) is 0. The molecule has 0 saturated carbocycles. The number of ether oxygens (including phenoxy) is 1. The summed E-state index contributed by atoms with van der Waals surface area (Å²) in [6, 6.07) is 9.73. The summed E-state index contributed by atoms with van der Waals surface area (Å²) in [6.45, 7) is 0. The Morgan fingerprint density at radius 2 is 2.00 bits per heavy atom. The maximum atomic E-state index is 14.1. The van der Waals surface area contributed by atoms with Crippen LogP contribution in [0.15, 0.2) is 50.2 Å². The van der Waals surface area contributed by atoms with Crippen LogP contribution >= 0.6 is 55.8 Å². The van der Waals surface area contributed by atoms with Crippen molar-refractivity contribution in [3.05, 3.63) is 61.6 Å². The molecule has 0 spiro atoms. The molecule has 3 nitrogen and oxygen atoms in total. The molecule has 0 bridgehead atoms. The van der Waals surface area contributed by atoms with Crippen molar-refractivity contribution in [2.24, 2.45) is 0 Å². The Morgan fingerprint density at radius 1 is 1.28 bits per heavy atom. The predicted molar refractivity (Wildman–Crippen MR) is 110 cm³/mol. The maximum absolute atomic E-state index is 14.1. The largest absolute Gasteiger partial charge is 0.495 e. The van der Waals surface area contributed by atoms with Crippen LogP contribution in [-0.4, -0.2) is 17.3 Å². The molecule has 1 aliphatic heterocycles. The molecule has 128 valence electrons. The van der Waals surface area contributed by atoms with E-state index in [1.807, 2.05) is 12.1 Å². The molecule has 25 heavy (non-hydrogen) atoms. The Kier molecular flexibility index (Phi) is 5.62. The van der Waals surface area contributed by atoms with Gasteiger partial charge in [0.1, 0.15) is 11.6 Å². The van der Waals surface area contributed by atoms with Gasteiger partial charge in [-0.1, -0.05) is 52.0 Å². The van der Waals surface area contributed by atoms with Crippen LogP contribution in [-0.2, 0) is 4.79 Å². The van der Waals surface area contributed by atoms with Crippen molar-refractivity contribution in [2.45, 2.75) is 0 Å². The quantitative estimate of drug-likeness (QED) is 0.394. The molecule has 1 amide bonds. The molecule has 0 N–H and O–H groups in total. The molecular weight excluding hydrogens is 493 g/mol. The number of thiocarbonyl (C=S) groups is 1.